The molecule has 3 aliphatic rings. The molecular formula is C24H23F5N4OS. The minimum absolute atomic E-state index is 0.0299. The smallest absolute Gasteiger partial charge is 0.351 e. The number of fused-ring (bicyclic) bond motifs is 3. The first kappa shape index (κ1) is 22.8. The third-order valence-corrected chi connectivity index (χ3v) is 10.2. The molecule has 0 bridgehead atoms. The molecule has 0 N–H and O–H groups in total. The molecule has 186 valence electrons. The molecule has 6 rings (SSSR count). The topological polar surface area (TPSA) is 41.4 Å². The van der Waals surface area contributed by atoms with Crippen molar-refractivity contribution in [2.75, 3.05) is 37.3 Å². The summed E-state index contributed by atoms with van der Waals surface area (Å²) in [5.74, 6) is -0.621. The first-order valence-electron chi connectivity index (χ1n) is 11.5. The molecule has 35 heavy (non-hydrogen) atoms. The van der Waals surface area contributed by atoms with Crippen LogP contribution in [0.2, 0.25) is 0 Å². The maximum Gasteiger partial charge on any atom is 0.417 e. The van der Waals surface area contributed by atoms with Crippen LogP contribution in [0, 0.1) is 5.82 Å². The van der Waals surface area contributed by atoms with Gasteiger partial charge in [-0.25, -0.2) is 9.18 Å². The van der Waals surface area contributed by atoms with E-state index in [9.17, 15) is 22.4 Å². The standard InChI is InChI=1S/C24H23F5N4OS/c1-13-12-31(2)7-8-32(13)22-16-11-17(24(26,27)28)19-15-5-4-14(25)10-18(15)35(29)9-3-6-33(23(34)30-22)20(16)21(19)35/h4-5,10-11,13H,3,6-9,12H2,1-2H3. The van der Waals surface area contributed by atoms with Gasteiger partial charge in [0.2, 0.25) is 0 Å². The third-order valence-electron chi connectivity index (χ3n) is 7.30. The highest BCUT2D eigenvalue weighted by Gasteiger charge is 2.49. The van der Waals surface area contributed by atoms with E-state index in [1.165, 1.54) is 10.6 Å². The number of aromatic nitrogens is 2. The van der Waals surface area contributed by atoms with Crippen LogP contribution in [0.3, 0.4) is 0 Å². The molecule has 1 saturated heterocycles. The lowest BCUT2D eigenvalue weighted by atomic mass is 9.96. The summed E-state index contributed by atoms with van der Waals surface area (Å²) < 4.78 is 76.1. The second-order valence-electron chi connectivity index (χ2n) is 9.55. The van der Waals surface area contributed by atoms with Gasteiger partial charge in [0, 0.05) is 53.8 Å². The molecule has 2 aromatic carbocycles. The number of halogens is 5. The van der Waals surface area contributed by atoms with Crippen LogP contribution in [0.15, 0.2) is 38.9 Å². The van der Waals surface area contributed by atoms with Gasteiger partial charge >= 0.3 is 11.9 Å². The Morgan fingerprint density at radius 1 is 1.14 bits per heavy atom. The number of likely N-dealkylation sites (N-methyl/N-ethyl adjacent to an activating group) is 1. The van der Waals surface area contributed by atoms with Gasteiger partial charge in [-0.15, -0.1) is 0 Å². The fourth-order valence-corrected chi connectivity index (χ4v) is 8.85. The Morgan fingerprint density at radius 2 is 1.91 bits per heavy atom. The number of benzene rings is 2. The first-order chi connectivity index (χ1) is 16.5. The quantitative estimate of drug-likeness (QED) is 0.423. The van der Waals surface area contributed by atoms with Crippen molar-refractivity contribution >= 4 is 27.1 Å². The molecule has 3 aromatic rings. The molecule has 11 heteroatoms. The van der Waals surface area contributed by atoms with Gasteiger partial charge in [0.05, 0.1) is 16.0 Å². The van der Waals surface area contributed by atoms with Crippen molar-refractivity contribution in [2.45, 2.75) is 41.9 Å². The number of hydrogen-bond acceptors (Lipinski definition) is 4. The highest BCUT2D eigenvalue weighted by Crippen LogP contribution is 2.76. The van der Waals surface area contributed by atoms with Crippen molar-refractivity contribution in [1.29, 1.82) is 0 Å². The predicted octanol–water partition coefficient (Wildman–Crippen LogP) is 5.19. The molecule has 2 unspecified atom stereocenters. The van der Waals surface area contributed by atoms with Crippen molar-refractivity contribution in [3.05, 3.63) is 46.1 Å². The van der Waals surface area contributed by atoms with Crippen LogP contribution in [0.25, 0.3) is 22.0 Å². The molecule has 1 fully saturated rings. The molecule has 2 atom stereocenters. The summed E-state index contributed by atoms with van der Waals surface area (Å²) in [4.78, 5) is 21.3. The predicted molar refractivity (Wildman–Crippen MR) is 125 cm³/mol. The lowest BCUT2D eigenvalue weighted by Crippen LogP contribution is -2.51. The van der Waals surface area contributed by atoms with Crippen LogP contribution >= 0.6 is 10.4 Å². The molecule has 0 amide bonds. The second-order valence-corrected chi connectivity index (χ2v) is 12.1. The first-order valence-corrected chi connectivity index (χ1v) is 13.2. The van der Waals surface area contributed by atoms with Crippen molar-refractivity contribution in [3.63, 3.8) is 0 Å². The second kappa shape index (κ2) is 7.42. The van der Waals surface area contributed by atoms with Crippen LogP contribution in [0.4, 0.5) is 27.3 Å². The van der Waals surface area contributed by atoms with E-state index in [0.717, 1.165) is 18.2 Å². The van der Waals surface area contributed by atoms with E-state index in [1.807, 2.05) is 18.9 Å². The number of anilines is 1. The van der Waals surface area contributed by atoms with Gasteiger partial charge < -0.3 is 9.80 Å². The van der Waals surface area contributed by atoms with E-state index < -0.39 is 33.7 Å². The van der Waals surface area contributed by atoms with E-state index in [-0.39, 0.29) is 62.4 Å². The van der Waals surface area contributed by atoms with Gasteiger partial charge in [0.15, 0.2) is 0 Å². The van der Waals surface area contributed by atoms with Crippen molar-refractivity contribution in [2.24, 2.45) is 0 Å². The van der Waals surface area contributed by atoms with Gasteiger partial charge in [-0.05, 0) is 54.6 Å². The summed E-state index contributed by atoms with van der Waals surface area (Å²) >= 11 is 0. The molecule has 0 saturated carbocycles. The summed E-state index contributed by atoms with van der Waals surface area (Å²) in [5, 5.41) is 0.122. The summed E-state index contributed by atoms with van der Waals surface area (Å²) in [5.41, 5.74) is -1.62. The fourth-order valence-electron chi connectivity index (χ4n) is 5.79. The summed E-state index contributed by atoms with van der Waals surface area (Å²) in [6, 6.07) is 4.21. The minimum Gasteiger partial charge on any atom is -0.351 e. The zero-order valence-corrected chi connectivity index (χ0v) is 19.9. The molecule has 4 heterocycles. The molecule has 5 nitrogen and oxygen atoms in total. The normalized spacial score (nSPS) is 25.9. The van der Waals surface area contributed by atoms with Gasteiger partial charge in [0.1, 0.15) is 11.6 Å². The van der Waals surface area contributed by atoms with Crippen LogP contribution in [0.5, 0.6) is 0 Å². The van der Waals surface area contributed by atoms with Crippen LogP contribution in [-0.4, -0.2) is 52.9 Å². The van der Waals surface area contributed by atoms with Gasteiger partial charge in [-0.2, -0.15) is 22.0 Å². The highest BCUT2D eigenvalue weighted by atomic mass is 32.3. The molecule has 1 aromatic heterocycles. The van der Waals surface area contributed by atoms with Crippen molar-refractivity contribution in [1.82, 2.24) is 14.5 Å². The lowest BCUT2D eigenvalue weighted by Gasteiger charge is -2.39. The summed E-state index contributed by atoms with van der Waals surface area (Å²) in [7, 11) is -1.54. The molecule has 0 aliphatic carbocycles. The summed E-state index contributed by atoms with van der Waals surface area (Å²) in [6.45, 7) is 3.83. The Kier molecular flexibility index (Phi) is 4.83. The highest BCUT2D eigenvalue weighted by molar-refractivity contribution is 8.30. The Morgan fingerprint density at radius 3 is 2.63 bits per heavy atom. The van der Waals surface area contributed by atoms with Crippen molar-refractivity contribution in [3.8, 4) is 11.1 Å². The number of piperazine rings is 1. The third kappa shape index (κ3) is 3.16. The van der Waals surface area contributed by atoms with Gasteiger partial charge in [-0.3, -0.25) is 4.57 Å². The Balaban J connectivity index is 1.78. The van der Waals surface area contributed by atoms with E-state index >= 15 is 3.89 Å². The van der Waals surface area contributed by atoms with E-state index in [2.05, 4.69) is 9.88 Å². The zero-order valence-electron chi connectivity index (χ0n) is 19.1. The average molecular weight is 511 g/mol. The van der Waals surface area contributed by atoms with Gasteiger partial charge in [0.25, 0.3) is 0 Å². The van der Waals surface area contributed by atoms with Crippen LogP contribution < -0.4 is 10.6 Å². The number of hydrogen-bond donors (Lipinski definition) is 0. The van der Waals surface area contributed by atoms with Crippen LogP contribution in [-0.2, 0) is 12.7 Å². The minimum atomic E-state index is -4.78. The zero-order chi connectivity index (χ0) is 24.9. The molecule has 0 radical (unpaired) electrons. The van der Waals surface area contributed by atoms with E-state index in [4.69, 9.17) is 0 Å². The molecular weight excluding hydrogens is 487 g/mol. The Bertz CT molecular complexity index is 1450. The SMILES string of the molecule is CC1CN(C)CCN1c1nc(=O)n2c3c4c(c(C(F)(F)F)cc13)-c1ccc(F)cc1S4(F)CCC2. The Hall–Kier alpha value is -2.66. The molecule has 0 spiro atoms. The molecule has 3 aliphatic heterocycles. The number of aryl methyl sites for hydroxylation is 1. The summed E-state index contributed by atoms with van der Waals surface area (Å²) in [6.07, 6.45) is -4.55. The van der Waals surface area contributed by atoms with Crippen LogP contribution in [0.1, 0.15) is 18.9 Å². The number of rotatable bonds is 1. The Labute approximate surface area is 199 Å². The van der Waals surface area contributed by atoms with E-state index in [1.54, 1.807) is 0 Å². The average Bonchev–Trinajstić information content (AvgIpc) is 2.91. The van der Waals surface area contributed by atoms with Crippen molar-refractivity contribution < 1.29 is 21.4 Å². The van der Waals surface area contributed by atoms with Gasteiger partial charge in [-0.1, -0.05) is 6.07 Å². The maximum absolute atomic E-state index is 17.0. The number of nitrogens with zero attached hydrogens (tertiary/aromatic N) is 4. The largest absolute Gasteiger partial charge is 0.417 e. The monoisotopic (exact) mass is 510 g/mol. The lowest BCUT2D eigenvalue weighted by molar-refractivity contribution is -0.137. The number of alkyl halides is 3. The van der Waals surface area contributed by atoms with E-state index in [0.29, 0.717) is 19.6 Å². The fraction of sp³-hybridized carbons (Fsp3) is 0.417. The maximum atomic E-state index is 17.0.